The lowest BCUT2D eigenvalue weighted by atomic mass is 10.2. The molecule has 0 radical (unpaired) electrons. The molecule has 0 aliphatic heterocycles. The zero-order valence-electron chi connectivity index (χ0n) is 9.48. The van der Waals surface area contributed by atoms with Crippen LogP contribution in [0, 0.1) is 5.82 Å². The second kappa shape index (κ2) is 5.44. The second-order valence-electron chi connectivity index (χ2n) is 3.67. The first kappa shape index (κ1) is 13.9. The van der Waals surface area contributed by atoms with Gasteiger partial charge >= 0.3 is 0 Å². The molecule has 0 spiro atoms. The van der Waals surface area contributed by atoms with Crippen LogP contribution in [0.2, 0.25) is 0 Å². The Bertz CT molecular complexity index is 486. The third kappa shape index (κ3) is 3.65. The van der Waals surface area contributed by atoms with Crippen LogP contribution < -0.4 is 16.2 Å². The molecule has 0 heterocycles. The van der Waals surface area contributed by atoms with Gasteiger partial charge in [0, 0.05) is 12.6 Å². The van der Waals surface area contributed by atoms with Crippen LogP contribution in [0.5, 0.6) is 0 Å². The Kier molecular flexibility index (Phi) is 4.44. The van der Waals surface area contributed by atoms with Gasteiger partial charge in [-0.05, 0) is 24.6 Å². The van der Waals surface area contributed by atoms with Gasteiger partial charge in [-0.25, -0.2) is 17.9 Å². The smallest absolute Gasteiger partial charge is 0.238 e. The van der Waals surface area contributed by atoms with Gasteiger partial charge in [0.25, 0.3) is 0 Å². The molecular formula is C10H16FN3O2S. The molecule has 0 saturated heterocycles. The number of benzene rings is 1. The highest BCUT2D eigenvalue weighted by atomic mass is 32.2. The van der Waals surface area contributed by atoms with E-state index in [1.54, 1.807) is 0 Å². The molecule has 1 rings (SSSR count). The van der Waals surface area contributed by atoms with Gasteiger partial charge in [-0.2, -0.15) is 0 Å². The van der Waals surface area contributed by atoms with E-state index in [-0.39, 0.29) is 16.6 Å². The van der Waals surface area contributed by atoms with Crippen LogP contribution in [0.15, 0.2) is 23.1 Å². The third-order valence-corrected chi connectivity index (χ3v) is 3.32. The van der Waals surface area contributed by atoms with E-state index in [0.717, 1.165) is 12.5 Å². The van der Waals surface area contributed by atoms with Crippen molar-refractivity contribution >= 4 is 15.7 Å². The van der Waals surface area contributed by atoms with Crippen molar-refractivity contribution in [1.29, 1.82) is 0 Å². The van der Waals surface area contributed by atoms with E-state index < -0.39 is 15.8 Å². The molecule has 5 N–H and O–H groups in total. The maximum Gasteiger partial charge on any atom is 0.238 e. The van der Waals surface area contributed by atoms with E-state index in [0.29, 0.717) is 6.54 Å². The second-order valence-corrected chi connectivity index (χ2v) is 5.23. The van der Waals surface area contributed by atoms with Gasteiger partial charge in [-0.1, -0.05) is 6.92 Å². The minimum absolute atomic E-state index is 0.0511. The van der Waals surface area contributed by atoms with E-state index >= 15 is 0 Å². The summed E-state index contributed by atoms with van der Waals surface area (Å²) < 4.78 is 35.6. The number of hydrogen-bond acceptors (Lipinski definition) is 4. The van der Waals surface area contributed by atoms with Crippen LogP contribution in [-0.2, 0) is 10.0 Å². The van der Waals surface area contributed by atoms with Crippen LogP contribution in [0.1, 0.15) is 13.3 Å². The molecule has 1 aromatic rings. The summed E-state index contributed by atoms with van der Waals surface area (Å²) in [6.45, 7) is 2.29. The van der Waals surface area contributed by atoms with E-state index in [9.17, 15) is 12.8 Å². The van der Waals surface area contributed by atoms with Crippen LogP contribution in [0.25, 0.3) is 0 Å². The highest BCUT2D eigenvalue weighted by molar-refractivity contribution is 7.89. The fourth-order valence-corrected chi connectivity index (χ4v) is 1.86. The Morgan fingerprint density at radius 1 is 1.47 bits per heavy atom. The highest BCUT2D eigenvalue weighted by Crippen LogP contribution is 2.19. The summed E-state index contributed by atoms with van der Waals surface area (Å²) in [5.41, 5.74) is 5.70. The SMILES string of the molecule is CCC(CN)Nc1ccc(S(N)(=O)=O)cc1F. The Labute approximate surface area is 100 Å². The molecule has 0 amide bonds. The predicted octanol–water partition coefficient (Wildman–Crippen LogP) is 0.622. The Morgan fingerprint density at radius 3 is 2.53 bits per heavy atom. The lowest BCUT2D eigenvalue weighted by molar-refractivity contribution is 0.591. The lowest BCUT2D eigenvalue weighted by Gasteiger charge is -2.16. The molecule has 0 bridgehead atoms. The fraction of sp³-hybridized carbons (Fsp3) is 0.400. The van der Waals surface area contributed by atoms with E-state index in [1.165, 1.54) is 12.1 Å². The maximum atomic E-state index is 13.6. The van der Waals surface area contributed by atoms with Crippen molar-refractivity contribution in [3.05, 3.63) is 24.0 Å². The summed E-state index contributed by atoms with van der Waals surface area (Å²) in [4.78, 5) is -0.249. The van der Waals surface area contributed by atoms with Crippen molar-refractivity contribution in [2.24, 2.45) is 10.9 Å². The first-order valence-corrected chi connectivity index (χ1v) is 6.72. The standard InChI is InChI=1S/C10H16FN3O2S/c1-2-7(6-12)14-10-4-3-8(5-9(10)11)17(13,15)16/h3-5,7,14H,2,6,12H2,1H3,(H2,13,15,16). The van der Waals surface area contributed by atoms with Crippen molar-refractivity contribution in [3.8, 4) is 0 Å². The number of primary sulfonamides is 1. The van der Waals surface area contributed by atoms with Crippen LogP contribution in [0.4, 0.5) is 10.1 Å². The molecule has 17 heavy (non-hydrogen) atoms. The molecule has 1 unspecified atom stereocenters. The van der Waals surface area contributed by atoms with Gasteiger partial charge in [0.2, 0.25) is 10.0 Å². The lowest BCUT2D eigenvalue weighted by Crippen LogP contribution is -2.28. The summed E-state index contributed by atoms with van der Waals surface area (Å²) in [6, 6.07) is 3.43. The molecular weight excluding hydrogens is 245 g/mol. The predicted molar refractivity (Wildman–Crippen MR) is 64.5 cm³/mol. The minimum atomic E-state index is -3.87. The topological polar surface area (TPSA) is 98.2 Å². The van der Waals surface area contributed by atoms with Gasteiger partial charge < -0.3 is 11.1 Å². The molecule has 1 aromatic carbocycles. The molecule has 0 fully saturated rings. The summed E-state index contributed by atoms with van der Waals surface area (Å²) in [6.07, 6.45) is 0.743. The van der Waals surface area contributed by atoms with Crippen molar-refractivity contribution in [2.75, 3.05) is 11.9 Å². The van der Waals surface area contributed by atoms with Gasteiger partial charge in [0.15, 0.2) is 0 Å². The quantitative estimate of drug-likeness (QED) is 0.723. The van der Waals surface area contributed by atoms with Crippen molar-refractivity contribution in [2.45, 2.75) is 24.3 Å². The molecule has 0 aliphatic rings. The molecule has 96 valence electrons. The summed E-state index contributed by atoms with van der Waals surface area (Å²) >= 11 is 0. The molecule has 1 atom stereocenters. The fourth-order valence-electron chi connectivity index (χ4n) is 1.34. The van der Waals surface area contributed by atoms with Crippen molar-refractivity contribution < 1.29 is 12.8 Å². The van der Waals surface area contributed by atoms with E-state index in [4.69, 9.17) is 10.9 Å². The van der Waals surface area contributed by atoms with Crippen LogP contribution in [-0.4, -0.2) is 21.0 Å². The molecule has 5 nitrogen and oxygen atoms in total. The van der Waals surface area contributed by atoms with Gasteiger partial charge in [0.1, 0.15) is 5.82 Å². The zero-order valence-corrected chi connectivity index (χ0v) is 10.3. The molecule has 0 saturated carbocycles. The van der Waals surface area contributed by atoms with Crippen molar-refractivity contribution in [1.82, 2.24) is 0 Å². The Morgan fingerprint density at radius 2 is 2.12 bits per heavy atom. The molecule has 0 aromatic heterocycles. The van der Waals surface area contributed by atoms with Crippen molar-refractivity contribution in [3.63, 3.8) is 0 Å². The van der Waals surface area contributed by atoms with Gasteiger partial charge in [-0.3, -0.25) is 0 Å². The van der Waals surface area contributed by atoms with Crippen LogP contribution in [0.3, 0.4) is 0 Å². The third-order valence-electron chi connectivity index (χ3n) is 2.41. The number of sulfonamides is 1. The number of hydrogen-bond donors (Lipinski definition) is 3. The summed E-state index contributed by atoms with van der Waals surface area (Å²) in [7, 11) is -3.87. The zero-order chi connectivity index (χ0) is 13.1. The molecule has 0 aliphatic carbocycles. The van der Waals surface area contributed by atoms with E-state index in [2.05, 4.69) is 5.32 Å². The number of nitrogens with two attached hydrogens (primary N) is 2. The normalized spacial score (nSPS) is 13.4. The summed E-state index contributed by atoms with van der Waals surface area (Å²) in [5.74, 6) is -0.663. The summed E-state index contributed by atoms with van der Waals surface area (Å²) in [5, 5.41) is 7.78. The first-order chi connectivity index (χ1) is 7.88. The first-order valence-electron chi connectivity index (χ1n) is 5.17. The van der Waals surface area contributed by atoms with Gasteiger partial charge in [0.05, 0.1) is 10.6 Å². The average Bonchev–Trinajstić information content (AvgIpc) is 2.26. The molecule has 7 heteroatoms. The number of nitrogens with one attached hydrogen (secondary N) is 1. The highest BCUT2D eigenvalue weighted by Gasteiger charge is 2.13. The largest absolute Gasteiger partial charge is 0.379 e. The number of anilines is 1. The Balaban J connectivity index is 2.98. The monoisotopic (exact) mass is 261 g/mol. The van der Waals surface area contributed by atoms with E-state index in [1.807, 2.05) is 6.92 Å². The van der Waals surface area contributed by atoms with Gasteiger partial charge in [-0.15, -0.1) is 0 Å². The van der Waals surface area contributed by atoms with Crippen LogP contribution >= 0.6 is 0 Å². The maximum absolute atomic E-state index is 13.6. The Hall–Kier alpha value is -1.18. The number of rotatable bonds is 5. The number of halogens is 1. The minimum Gasteiger partial charge on any atom is -0.379 e. The average molecular weight is 261 g/mol.